The number of ether oxygens (including phenoxy) is 1. The fraction of sp³-hybridized carbons (Fsp3) is 0.414. The predicted octanol–water partition coefficient (Wildman–Crippen LogP) is 3.65. The van der Waals surface area contributed by atoms with Crippen LogP contribution in [0.2, 0.25) is 0 Å². The number of benzene rings is 1. The van der Waals surface area contributed by atoms with Gasteiger partial charge in [-0.1, -0.05) is 12.1 Å². The summed E-state index contributed by atoms with van der Waals surface area (Å²) in [6, 6.07) is 11.9. The van der Waals surface area contributed by atoms with E-state index in [2.05, 4.69) is 25.2 Å². The highest BCUT2D eigenvalue weighted by molar-refractivity contribution is 5.97. The summed E-state index contributed by atoms with van der Waals surface area (Å²) in [7, 11) is 0. The molecule has 0 saturated carbocycles. The molecule has 0 aliphatic carbocycles. The van der Waals surface area contributed by atoms with Crippen LogP contribution in [0.3, 0.4) is 0 Å². The van der Waals surface area contributed by atoms with Gasteiger partial charge in [0.05, 0.1) is 12.2 Å². The number of rotatable bonds is 2. The number of carbonyl (C=O) groups excluding carboxylic acids is 2. The fourth-order valence-electron chi connectivity index (χ4n) is 5.36. The van der Waals surface area contributed by atoms with E-state index in [0.29, 0.717) is 62.8 Å². The van der Waals surface area contributed by atoms with Crippen LogP contribution in [0.1, 0.15) is 52.4 Å². The first-order valence-electron chi connectivity index (χ1n) is 13.4. The first-order chi connectivity index (χ1) is 18.9. The van der Waals surface area contributed by atoms with Crippen LogP contribution in [-0.2, 0) is 0 Å². The Morgan fingerprint density at radius 1 is 1.00 bits per heavy atom. The molecule has 0 atom stereocenters. The number of pyridine rings is 1. The van der Waals surface area contributed by atoms with Crippen molar-refractivity contribution in [2.45, 2.75) is 32.6 Å². The van der Waals surface area contributed by atoms with E-state index in [1.54, 1.807) is 17.2 Å². The average Bonchev–Trinajstić information content (AvgIpc) is 2.96. The lowest BCUT2D eigenvalue weighted by atomic mass is 9.75. The van der Waals surface area contributed by atoms with Crippen molar-refractivity contribution in [3.05, 3.63) is 77.8 Å². The van der Waals surface area contributed by atoms with Gasteiger partial charge in [0.2, 0.25) is 0 Å². The smallest absolute Gasteiger partial charge is 0.275 e. The van der Waals surface area contributed by atoms with E-state index in [9.17, 15) is 14.0 Å². The van der Waals surface area contributed by atoms with Crippen LogP contribution in [0.5, 0.6) is 5.75 Å². The van der Waals surface area contributed by atoms with Gasteiger partial charge >= 0.3 is 0 Å². The van der Waals surface area contributed by atoms with E-state index < -0.39 is 5.82 Å². The Kier molecular flexibility index (Phi) is 7.99. The van der Waals surface area contributed by atoms with Gasteiger partial charge in [0, 0.05) is 50.5 Å². The molecular weight excluding hydrogens is 499 g/mol. The number of fused-ring (bicyclic) bond motifs is 1. The van der Waals surface area contributed by atoms with Crippen LogP contribution in [0.25, 0.3) is 0 Å². The Balaban J connectivity index is 1.37. The molecule has 2 amide bonds. The number of amides is 2. The van der Waals surface area contributed by atoms with Crippen molar-refractivity contribution >= 4 is 17.6 Å². The summed E-state index contributed by atoms with van der Waals surface area (Å²) in [5.41, 5.74) is 0.148. The van der Waals surface area contributed by atoms with Crippen molar-refractivity contribution in [3.63, 3.8) is 0 Å². The molecule has 0 bridgehead atoms. The van der Waals surface area contributed by atoms with Crippen LogP contribution in [0.15, 0.2) is 54.9 Å². The molecular formula is C29H33FN6O3. The molecule has 1 N–H and O–H groups in total. The molecule has 0 unspecified atom stereocenters. The van der Waals surface area contributed by atoms with Gasteiger partial charge in [-0.2, -0.15) is 0 Å². The highest BCUT2D eigenvalue weighted by atomic mass is 19.1. The first kappa shape index (κ1) is 26.5. The summed E-state index contributed by atoms with van der Waals surface area (Å²) in [6.07, 6.45) is 6.34. The topological polar surface area (TPSA) is 101 Å². The third-order valence-electron chi connectivity index (χ3n) is 7.63. The van der Waals surface area contributed by atoms with Crippen molar-refractivity contribution in [1.29, 1.82) is 0 Å². The van der Waals surface area contributed by atoms with Crippen LogP contribution in [0, 0.1) is 18.2 Å². The lowest BCUT2D eigenvalue weighted by Gasteiger charge is -2.42. The number of nitrogens with zero attached hydrogens (tertiary/aromatic N) is 5. The molecule has 2 aliphatic rings. The molecule has 0 radical (unpaired) electrons. The molecule has 4 heterocycles. The molecule has 204 valence electrons. The van der Waals surface area contributed by atoms with Gasteiger partial charge in [-0.15, -0.1) is 0 Å². The van der Waals surface area contributed by atoms with Crippen molar-refractivity contribution in [1.82, 2.24) is 25.2 Å². The number of halogens is 1. The van der Waals surface area contributed by atoms with E-state index in [4.69, 9.17) is 4.74 Å². The zero-order valence-electron chi connectivity index (χ0n) is 22.1. The summed E-state index contributed by atoms with van der Waals surface area (Å²) >= 11 is 0. The number of hydrogen-bond acceptors (Lipinski definition) is 7. The first-order valence-corrected chi connectivity index (χ1v) is 13.4. The second-order valence-corrected chi connectivity index (χ2v) is 10.2. The third-order valence-corrected chi connectivity index (χ3v) is 7.63. The monoisotopic (exact) mass is 532 g/mol. The molecule has 1 saturated heterocycles. The van der Waals surface area contributed by atoms with Crippen LogP contribution < -0.4 is 15.0 Å². The minimum Gasteiger partial charge on any atom is -0.492 e. The van der Waals surface area contributed by atoms with E-state index in [1.807, 2.05) is 31.2 Å². The standard InChI is InChI=1S/C29H33FN6O3/c1-21-31-14-9-25(34-21)35-16-5-10-29(20-39-24-8-3-2-6-22(24)27(37)33-15-19-35)11-17-36(18-12-29)28(38)26-23(30)7-4-13-32-26/h2-4,6-9,13-14H,5,10-12,15-20H2,1H3,(H,33,37). The highest BCUT2D eigenvalue weighted by Crippen LogP contribution is 2.38. The molecule has 1 spiro atoms. The maximum Gasteiger partial charge on any atom is 0.275 e. The zero-order chi connectivity index (χ0) is 27.2. The third kappa shape index (κ3) is 6.16. The molecule has 2 aromatic heterocycles. The number of aryl methyl sites for hydroxylation is 1. The largest absolute Gasteiger partial charge is 0.492 e. The van der Waals surface area contributed by atoms with E-state index in [0.717, 1.165) is 25.2 Å². The average molecular weight is 533 g/mol. The van der Waals surface area contributed by atoms with Crippen molar-refractivity contribution in [2.24, 2.45) is 5.41 Å². The van der Waals surface area contributed by atoms with Gasteiger partial charge < -0.3 is 19.9 Å². The number of nitrogens with one attached hydrogen (secondary N) is 1. The second kappa shape index (κ2) is 11.8. The summed E-state index contributed by atoms with van der Waals surface area (Å²) in [4.78, 5) is 42.7. The van der Waals surface area contributed by atoms with Crippen molar-refractivity contribution in [3.8, 4) is 5.75 Å². The highest BCUT2D eigenvalue weighted by Gasteiger charge is 2.38. The second-order valence-electron chi connectivity index (χ2n) is 10.2. The molecule has 3 aromatic rings. The maximum atomic E-state index is 14.2. The fourth-order valence-corrected chi connectivity index (χ4v) is 5.36. The zero-order valence-corrected chi connectivity index (χ0v) is 22.1. The van der Waals surface area contributed by atoms with Gasteiger partial charge in [-0.05, 0) is 62.9 Å². The predicted molar refractivity (Wildman–Crippen MR) is 144 cm³/mol. The normalized spacial score (nSPS) is 18.2. The van der Waals surface area contributed by atoms with Crippen LogP contribution in [-0.4, -0.2) is 71.0 Å². The summed E-state index contributed by atoms with van der Waals surface area (Å²) in [5.74, 6) is 0.889. The Hall–Kier alpha value is -4.08. The van der Waals surface area contributed by atoms with E-state index >= 15 is 0 Å². The van der Waals surface area contributed by atoms with Crippen LogP contribution >= 0.6 is 0 Å². The number of likely N-dealkylation sites (tertiary alicyclic amines) is 1. The molecule has 2 aliphatic heterocycles. The van der Waals surface area contributed by atoms with E-state index in [-0.39, 0.29) is 22.9 Å². The van der Waals surface area contributed by atoms with Gasteiger partial charge in [0.25, 0.3) is 11.8 Å². The minimum atomic E-state index is -0.608. The van der Waals surface area contributed by atoms with Gasteiger partial charge in [-0.3, -0.25) is 9.59 Å². The Morgan fingerprint density at radius 3 is 2.62 bits per heavy atom. The van der Waals surface area contributed by atoms with Gasteiger partial charge in [-0.25, -0.2) is 19.3 Å². The lowest BCUT2D eigenvalue weighted by molar-refractivity contribution is 0.0358. The number of para-hydroxylation sites is 1. The molecule has 1 fully saturated rings. The van der Waals surface area contributed by atoms with Gasteiger partial charge in [0.15, 0.2) is 11.5 Å². The van der Waals surface area contributed by atoms with E-state index in [1.165, 1.54) is 18.3 Å². The Bertz CT molecular complexity index is 1330. The minimum absolute atomic E-state index is 0.143. The Morgan fingerprint density at radius 2 is 1.82 bits per heavy atom. The van der Waals surface area contributed by atoms with Crippen LogP contribution in [0.4, 0.5) is 10.2 Å². The number of carbonyl (C=O) groups is 2. The molecule has 10 heteroatoms. The van der Waals surface area contributed by atoms with Crippen molar-refractivity contribution in [2.75, 3.05) is 44.2 Å². The molecule has 39 heavy (non-hydrogen) atoms. The van der Waals surface area contributed by atoms with Crippen molar-refractivity contribution < 1.29 is 18.7 Å². The number of aromatic nitrogens is 3. The number of piperidine rings is 1. The number of anilines is 1. The maximum absolute atomic E-state index is 14.2. The Labute approximate surface area is 227 Å². The summed E-state index contributed by atoms with van der Waals surface area (Å²) in [6.45, 7) is 5.07. The molecule has 5 rings (SSSR count). The quantitative estimate of drug-likeness (QED) is 0.538. The number of hydrogen-bond donors (Lipinski definition) is 1. The van der Waals surface area contributed by atoms with Gasteiger partial charge in [0.1, 0.15) is 17.4 Å². The molecule has 9 nitrogen and oxygen atoms in total. The summed E-state index contributed by atoms with van der Waals surface area (Å²) < 4.78 is 20.5. The lowest BCUT2D eigenvalue weighted by Crippen LogP contribution is -2.46. The summed E-state index contributed by atoms with van der Waals surface area (Å²) in [5, 5.41) is 3.02. The molecule has 1 aromatic carbocycles. The SMILES string of the molecule is Cc1nccc(N2CCCC3(CCN(C(=O)c4ncccc4F)CC3)COc3ccccc3C(=O)NCC2)n1.